The van der Waals surface area contributed by atoms with Crippen molar-refractivity contribution in [1.82, 2.24) is 10.2 Å². The third-order valence-electron chi connectivity index (χ3n) is 2.70. The van der Waals surface area contributed by atoms with Gasteiger partial charge in [0, 0.05) is 0 Å². The summed E-state index contributed by atoms with van der Waals surface area (Å²) in [6.07, 6.45) is 0.532. The monoisotopic (exact) mass is 336 g/mol. The highest BCUT2D eigenvalue weighted by Gasteiger charge is 2.17. The number of esters is 1. The first-order chi connectivity index (χ1) is 10.9. The number of thioether (sulfide) groups is 1. The molecular formula is C16H20N2O4S. The number of hydrogen-bond donors (Lipinski definition) is 0. The largest absolute Gasteiger partial charge is 0.497 e. The van der Waals surface area contributed by atoms with Gasteiger partial charge in [-0.1, -0.05) is 23.9 Å². The van der Waals surface area contributed by atoms with E-state index in [-0.39, 0.29) is 11.7 Å². The highest BCUT2D eigenvalue weighted by molar-refractivity contribution is 7.99. The van der Waals surface area contributed by atoms with Crippen LogP contribution in [0, 0.1) is 0 Å². The number of rotatable bonds is 6. The molecule has 2 rings (SSSR count). The zero-order valence-corrected chi connectivity index (χ0v) is 14.5. The van der Waals surface area contributed by atoms with Crippen molar-refractivity contribution in [3.05, 3.63) is 35.7 Å². The van der Waals surface area contributed by atoms with E-state index in [1.165, 1.54) is 11.8 Å². The first-order valence-electron chi connectivity index (χ1n) is 7.16. The molecule has 0 radical (unpaired) electrons. The smallest absolute Gasteiger partial charge is 0.316 e. The van der Waals surface area contributed by atoms with E-state index in [0.717, 1.165) is 11.3 Å². The Morgan fingerprint density at radius 2 is 1.91 bits per heavy atom. The summed E-state index contributed by atoms with van der Waals surface area (Å²) in [5.74, 6) is 1.13. The van der Waals surface area contributed by atoms with Crippen LogP contribution >= 0.6 is 11.8 Å². The molecule has 0 aliphatic heterocycles. The second-order valence-corrected chi connectivity index (χ2v) is 6.79. The van der Waals surface area contributed by atoms with E-state index in [1.807, 2.05) is 45.0 Å². The molecule has 0 saturated carbocycles. The number of benzene rings is 1. The molecule has 0 fully saturated rings. The lowest BCUT2D eigenvalue weighted by Crippen LogP contribution is -2.24. The standard InChI is InChI=1S/C16H20N2O4S/c1-16(2,3)22-14(19)10-23-15-18-17-13(21-15)9-11-5-7-12(20-4)8-6-11/h5-8H,9-10H2,1-4H3. The lowest BCUT2D eigenvalue weighted by Gasteiger charge is -2.18. The van der Waals surface area contributed by atoms with E-state index in [1.54, 1.807) is 7.11 Å². The van der Waals surface area contributed by atoms with Crippen LogP contribution in [0.3, 0.4) is 0 Å². The second-order valence-electron chi connectivity index (χ2n) is 5.86. The van der Waals surface area contributed by atoms with Gasteiger partial charge in [-0.25, -0.2) is 0 Å². The van der Waals surface area contributed by atoms with Crippen LogP contribution in [-0.4, -0.2) is 34.6 Å². The Kier molecular flexibility index (Phi) is 5.65. The summed E-state index contributed by atoms with van der Waals surface area (Å²) in [6, 6.07) is 7.64. The minimum atomic E-state index is -0.494. The normalized spacial score (nSPS) is 11.3. The highest BCUT2D eigenvalue weighted by Crippen LogP contribution is 2.20. The minimum Gasteiger partial charge on any atom is -0.497 e. The summed E-state index contributed by atoms with van der Waals surface area (Å²) in [6.45, 7) is 5.49. The molecular weight excluding hydrogens is 316 g/mol. The molecule has 1 heterocycles. The molecule has 7 heteroatoms. The van der Waals surface area contributed by atoms with Crippen molar-refractivity contribution >= 4 is 17.7 Å². The molecule has 0 bridgehead atoms. The van der Waals surface area contributed by atoms with Crippen LogP contribution in [0.2, 0.25) is 0 Å². The van der Waals surface area contributed by atoms with Crippen molar-refractivity contribution in [2.75, 3.05) is 12.9 Å². The number of hydrogen-bond acceptors (Lipinski definition) is 7. The van der Waals surface area contributed by atoms with Gasteiger partial charge in [0.15, 0.2) is 0 Å². The molecule has 124 valence electrons. The van der Waals surface area contributed by atoms with Crippen LogP contribution in [0.15, 0.2) is 33.9 Å². The number of carbonyl (C=O) groups excluding carboxylic acids is 1. The third-order valence-corrected chi connectivity index (χ3v) is 3.49. The number of ether oxygens (including phenoxy) is 2. The van der Waals surface area contributed by atoms with E-state index in [4.69, 9.17) is 13.9 Å². The van der Waals surface area contributed by atoms with Gasteiger partial charge in [-0.15, -0.1) is 10.2 Å². The Balaban J connectivity index is 1.86. The molecule has 0 spiro atoms. The van der Waals surface area contributed by atoms with Gasteiger partial charge in [0.05, 0.1) is 13.5 Å². The van der Waals surface area contributed by atoms with E-state index >= 15 is 0 Å². The second kappa shape index (κ2) is 7.50. The molecule has 1 aromatic heterocycles. The van der Waals surface area contributed by atoms with Gasteiger partial charge in [-0.05, 0) is 38.5 Å². The van der Waals surface area contributed by atoms with E-state index in [9.17, 15) is 4.79 Å². The van der Waals surface area contributed by atoms with Crippen molar-refractivity contribution in [3.8, 4) is 5.75 Å². The van der Waals surface area contributed by atoms with Crippen molar-refractivity contribution in [3.63, 3.8) is 0 Å². The third kappa shape index (κ3) is 5.94. The Hall–Kier alpha value is -2.02. The topological polar surface area (TPSA) is 74.5 Å². The molecule has 0 saturated heterocycles. The van der Waals surface area contributed by atoms with Crippen LogP contribution in [0.5, 0.6) is 5.75 Å². The summed E-state index contributed by atoms with van der Waals surface area (Å²) < 4.78 is 15.9. The molecule has 0 atom stereocenters. The SMILES string of the molecule is COc1ccc(Cc2nnc(SCC(=O)OC(C)(C)C)o2)cc1. The summed E-state index contributed by atoms with van der Waals surface area (Å²) in [5, 5.41) is 8.27. The maximum absolute atomic E-state index is 11.6. The van der Waals surface area contributed by atoms with Crippen molar-refractivity contribution in [2.45, 2.75) is 38.0 Å². The molecule has 0 unspecified atom stereocenters. The highest BCUT2D eigenvalue weighted by atomic mass is 32.2. The molecule has 0 aliphatic carbocycles. The molecule has 6 nitrogen and oxygen atoms in total. The summed E-state index contributed by atoms with van der Waals surface area (Å²) in [7, 11) is 1.63. The Labute approximate surface area is 139 Å². The van der Waals surface area contributed by atoms with Crippen molar-refractivity contribution in [2.24, 2.45) is 0 Å². The van der Waals surface area contributed by atoms with Crippen molar-refractivity contribution in [1.29, 1.82) is 0 Å². The molecule has 23 heavy (non-hydrogen) atoms. The predicted octanol–water partition coefficient (Wildman–Crippen LogP) is 3.10. The summed E-state index contributed by atoms with van der Waals surface area (Å²) in [4.78, 5) is 11.6. The summed E-state index contributed by atoms with van der Waals surface area (Å²) in [5.41, 5.74) is 0.546. The molecule has 0 amide bonds. The maximum atomic E-state index is 11.6. The maximum Gasteiger partial charge on any atom is 0.316 e. The predicted molar refractivity (Wildman–Crippen MR) is 86.7 cm³/mol. The first kappa shape index (κ1) is 17.3. The average molecular weight is 336 g/mol. The quantitative estimate of drug-likeness (QED) is 0.592. The fourth-order valence-corrected chi connectivity index (χ4v) is 2.33. The zero-order valence-electron chi connectivity index (χ0n) is 13.7. The Morgan fingerprint density at radius 3 is 2.52 bits per heavy atom. The van der Waals surface area contributed by atoms with Crippen LogP contribution in [0.4, 0.5) is 0 Å². The van der Waals surface area contributed by atoms with Gasteiger partial charge in [0.1, 0.15) is 17.1 Å². The van der Waals surface area contributed by atoms with Gasteiger partial charge in [0.25, 0.3) is 5.22 Å². The van der Waals surface area contributed by atoms with E-state index < -0.39 is 5.60 Å². The Bertz CT molecular complexity index is 647. The number of aromatic nitrogens is 2. The minimum absolute atomic E-state index is 0.140. The molecule has 2 aromatic rings. The van der Waals surface area contributed by atoms with Crippen LogP contribution < -0.4 is 4.74 Å². The summed E-state index contributed by atoms with van der Waals surface area (Å²) >= 11 is 1.17. The average Bonchev–Trinajstić information content (AvgIpc) is 2.92. The van der Waals surface area contributed by atoms with Gasteiger partial charge in [-0.3, -0.25) is 4.79 Å². The van der Waals surface area contributed by atoms with Gasteiger partial charge in [0.2, 0.25) is 5.89 Å². The van der Waals surface area contributed by atoms with Gasteiger partial charge in [-0.2, -0.15) is 0 Å². The van der Waals surface area contributed by atoms with Crippen LogP contribution in [-0.2, 0) is 16.0 Å². The van der Waals surface area contributed by atoms with Crippen molar-refractivity contribution < 1.29 is 18.7 Å². The number of nitrogens with zero attached hydrogens (tertiary/aromatic N) is 2. The van der Waals surface area contributed by atoms with Crippen LogP contribution in [0.1, 0.15) is 32.2 Å². The Morgan fingerprint density at radius 1 is 1.22 bits per heavy atom. The van der Waals surface area contributed by atoms with Gasteiger partial charge >= 0.3 is 5.97 Å². The lowest BCUT2D eigenvalue weighted by molar-refractivity contribution is -0.151. The number of methoxy groups -OCH3 is 1. The molecule has 0 N–H and O–H groups in total. The fourth-order valence-electron chi connectivity index (χ4n) is 1.78. The van der Waals surface area contributed by atoms with E-state index in [2.05, 4.69) is 10.2 Å². The molecule has 1 aromatic carbocycles. The fraction of sp³-hybridized carbons (Fsp3) is 0.438. The lowest BCUT2D eigenvalue weighted by atomic mass is 10.1. The van der Waals surface area contributed by atoms with E-state index in [0.29, 0.717) is 17.5 Å². The first-order valence-corrected chi connectivity index (χ1v) is 8.14. The van der Waals surface area contributed by atoms with Crippen LogP contribution in [0.25, 0.3) is 0 Å². The molecule has 0 aliphatic rings. The number of carbonyl (C=O) groups is 1. The van der Waals surface area contributed by atoms with Gasteiger partial charge < -0.3 is 13.9 Å². The zero-order chi connectivity index (χ0) is 16.9.